The fourth-order valence-corrected chi connectivity index (χ4v) is 4.55. The van der Waals surface area contributed by atoms with Crippen molar-refractivity contribution >= 4 is 11.9 Å². The standard InChI is InChI=1S/C32H62O4/c1-28(2)21-17-19-25-35-31(33)24-16-14-12-10-8-6-7-9-11-13-15-23-30(5)27-32(34)36-26-20-18-22-29(3)4/h28-30H,6-27H2,1-5H3. The summed E-state index contributed by atoms with van der Waals surface area (Å²) < 4.78 is 10.7. The highest BCUT2D eigenvalue weighted by Gasteiger charge is 2.10. The molecule has 0 N–H and O–H groups in total. The molecule has 0 spiro atoms. The molecule has 0 saturated heterocycles. The second kappa shape index (κ2) is 25.6. The van der Waals surface area contributed by atoms with Crippen molar-refractivity contribution in [3.63, 3.8) is 0 Å². The lowest BCUT2D eigenvalue weighted by Crippen LogP contribution is -2.10. The van der Waals surface area contributed by atoms with Crippen LogP contribution in [0.3, 0.4) is 0 Å². The summed E-state index contributed by atoms with van der Waals surface area (Å²) >= 11 is 0. The quantitative estimate of drug-likeness (QED) is 0.0858. The van der Waals surface area contributed by atoms with Gasteiger partial charge in [-0.2, -0.15) is 0 Å². The van der Waals surface area contributed by atoms with Crippen molar-refractivity contribution in [2.75, 3.05) is 13.2 Å². The molecule has 0 radical (unpaired) electrons. The van der Waals surface area contributed by atoms with Crippen LogP contribution >= 0.6 is 0 Å². The lowest BCUT2D eigenvalue weighted by molar-refractivity contribution is -0.145. The van der Waals surface area contributed by atoms with E-state index in [0.29, 0.717) is 32.0 Å². The van der Waals surface area contributed by atoms with Crippen LogP contribution in [-0.2, 0) is 19.1 Å². The van der Waals surface area contributed by atoms with Gasteiger partial charge in [0.25, 0.3) is 0 Å². The average Bonchev–Trinajstić information content (AvgIpc) is 2.81. The molecule has 0 amide bonds. The maximum absolute atomic E-state index is 11.9. The van der Waals surface area contributed by atoms with E-state index in [1.807, 2.05) is 0 Å². The molecule has 214 valence electrons. The minimum atomic E-state index is -0.0144. The summed E-state index contributed by atoms with van der Waals surface area (Å²) in [6.07, 6.45) is 22.8. The van der Waals surface area contributed by atoms with Gasteiger partial charge in [0.15, 0.2) is 0 Å². The Morgan fingerprint density at radius 3 is 1.33 bits per heavy atom. The number of hydrogen-bond acceptors (Lipinski definition) is 4. The summed E-state index contributed by atoms with van der Waals surface area (Å²) in [4.78, 5) is 23.7. The molecule has 4 heteroatoms. The van der Waals surface area contributed by atoms with E-state index in [0.717, 1.165) is 56.8 Å². The number of hydrogen-bond donors (Lipinski definition) is 0. The van der Waals surface area contributed by atoms with Gasteiger partial charge >= 0.3 is 11.9 Å². The monoisotopic (exact) mass is 510 g/mol. The van der Waals surface area contributed by atoms with Crippen LogP contribution < -0.4 is 0 Å². The third kappa shape index (κ3) is 27.5. The smallest absolute Gasteiger partial charge is 0.306 e. The first-order valence-corrected chi connectivity index (χ1v) is 15.6. The molecule has 0 aromatic rings. The average molecular weight is 511 g/mol. The summed E-state index contributed by atoms with van der Waals surface area (Å²) in [6.45, 7) is 12.3. The molecule has 0 rings (SSSR count). The van der Waals surface area contributed by atoms with Crippen LogP contribution in [0.25, 0.3) is 0 Å². The zero-order valence-electron chi connectivity index (χ0n) is 24.9. The molecule has 0 fully saturated rings. The molecule has 4 nitrogen and oxygen atoms in total. The first-order valence-electron chi connectivity index (χ1n) is 15.6. The molecule has 1 atom stereocenters. The number of rotatable bonds is 26. The number of carbonyl (C=O) groups excluding carboxylic acids is 2. The van der Waals surface area contributed by atoms with Crippen molar-refractivity contribution in [1.29, 1.82) is 0 Å². The maximum atomic E-state index is 11.9. The van der Waals surface area contributed by atoms with Crippen LogP contribution in [0.15, 0.2) is 0 Å². The lowest BCUT2D eigenvalue weighted by Gasteiger charge is -2.11. The molecule has 0 saturated carbocycles. The van der Waals surface area contributed by atoms with Crippen molar-refractivity contribution in [3.05, 3.63) is 0 Å². The van der Waals surface area contributed by atoms with E-state index in [2.05, 4.69) is 34.6 Å². The van der Waals surface area contributed by atoms with Crippen LogP contribution in [0, 0.1) is 17.8 Å². The number of unbranched alkanes of at least 4 members (excludes halogenated alkanes) is 12. The SMILES string of the molecule is CC(C)CCCCOC(=O)CCCCCCCCCCCCCC(C)CC(=O)OCCCCC(C)C. The van der Waals surface area contributed by atoms with Gasteiger partial charge in [0, 0.05) is 12.8 Å². The number of carbonyl (C=O) groups is 2. The van der Waals surface area contributed by atoms with Crippen LogP contribution in [0.5, 0.6) is 0 Å². The molecule has 0 aliphatic carbocycles. The van der Waals surface area contributed by atoms with Gasteiger partial charge in [-0.3, -0.25) is 9.59 Å². The second-order valence-corrected chi connectivity index (χ2v) is 12.0. The topological polar surface area (TPSA) is 52.6 Å². The largest absolute Gasteiger partial charge is 0.466 e. The Labute approximate surface area is 225 Å². The third-order valence-electron chi connectivity index (χ3n) is 6.97. The Kier molecular flexibility index (Phi) is 24.8. The van der Waals surface area contributed by atoms with E-state index in [4.69, 9.17) is 9.47 Å². The molecule has 0 bridgehead atoms. The Bertz CT molecular complexity index is 500. The predicted octanol–water partition coefficient (Wildman–Crippen LogP) is 9.82. The molecule has 0 heterocycles. The Morgan fingerprint density at radius 2 is 0.861 bits per heavy atom. The van der Waals surface area contributed by atoms with E-state index < -0.39 is 0 Å². The van der Waals surface area contributed by atoms with Crippen LogP contribution in [0.1, 0.15) is 163 Å². The van der Waals surface area contributed by atoms with E-state index in [-0.39, 0.29) is 11.9 Å². The van der Waals surface area contributed by atoms with Crippen LogP contribution in [0.2, 0.25) is 0 Å². The minimum Gasteiger partial charge on any atom is -0.466 e. The molecule has 1 unspecified atom stereocenters. The van der Waals surface area contributed by atoms with Crippen molar-refractivity contribution in [2.45, 2.75) is 163 Å². The Morgan fingerprint density at radius 1 is 0.472 bits per heavy atom. The summed E-state index contributed by atoms with van der Waals surface area (Å²) in [5, 5.41) is 0. The van der Waals surface area contributed by atoms with E-state index in [1.54, 1.807) is 0 Å². The summed E-state index contributed by atoms with van der Waals surface area (Å²) in [5.74, 6) is 1.87. The minimum absolute atomic E-state index is 0.0126. The zero-order chi connectivity index (χ0) is 26.9. The highest BCUT2D eigenvalue weighted by molar-refractivity contribution is 5.69. The van der Waals surface area contributed by atoms with Crippen LogP contribution in [0.4, 0.5) is 0 Å². The van der Waals surface area contributed by atoms with E-state index >= 15 is 0 Å². The van der Waals surface area contributed by atoms with Crippen molar-refractivity contribution in [3.8, 4) is 0 Å². The van der Waals surface area contributed by atoms with Crippen LogP contribution in [-0.4, -0.2) is 25.2 Å². The number of esters is 2. The molecular weight excluding hydrogens is 448 g/mol. The normalized spacial score (nSPS) is 12.3. The van der Waals surface area contributed by atoms with Crippen molar-refractivity contribution < 1.29 is 19.1 Å². The molecule has 0 aliphatic rings. The Hall–Kier alpha value is -1.06. The van der Waals surface area contributed by atoms with E-state index in [9.17, 15) is 9.59 Å². The molecule has 0 aromatic carbocycles. The summed E-state index contributed by atoms with van der Waals surface area (Å²) in [6, 6.07) is 0. The summed E-state index contributed by atoms with van der Waals surface area (Å²) in [5.41, 5.74) is 0. The van der Waals surface area contributed by atoms with Gasteiger partial charge in [-0.05, 0) is 49.9 Å². The van der Waals surface area contributed by atoms with Gasteiger partial charge in [0.05, 0.1) is 13.2 Å². The maximum Gasteiger partial charge on any atom is 0.306 e. The van der Waals surface area contributed by atoms with E-state index in [1.165, 1.54) is 70.6 Å². The number of ether oxygens (including phenoxy) is 2. The first-order chi connectivity index (χ1) is 17.3. The van der Waals surface area contributed by atoms with Gasteiger partial charge in [0.1, 0.15) is 0 Å². The fraction of sp³-hybridized carbons (Fsp3) is 0.938. The fourth-order valence-electron chi connectivity index (χ4n) is 4.55. The summed E-state index contributed by atoms with van der Waals surface area (Å²) in [7, 11) is 0. The molecule has 36 heavy (non-hydrogen) atoms. The molecular formula is C32H62O4. The molecule has 0 aliphatic heterocycles. The predicted molar refractivity (Wildman–Crippen MR) is 153 cm³/mol. The van der Waals surface area contributed by atoms with Gasteiger partial charge in [0.2, 0.25) is 0 Å². The van der Waals surface area contributed by atoms with Gasteiger partial charge in [-0.1, -0.05) is 118 Å². The van der Waals surface area contributed by atoms with Gasteiger partial charge in [-0.15, -0.1) is 0 Å². The zero-order valence-corrected chi connectivity index (χ0v) is 24.9. The van der Waals surface area contributed by atoms with Gasteiger partial charge < -0.3 is 9.47 Å². The van der Waals surface area contributed by atoms with Crippen molar-refractivity contribution in [2.24, 2.45) is 17.8 Å². The highest BCUT2D eigenvalue weighted by atomic mass is 16.5. The highest BCUT2D eigenvalue weighted by Crippen LogP contribution is 2.17. The lowest BCUT2D eigenvalue weighted by atomic mass is 9.99. The molecule has 0 aromatic heterocycles. The Balaban J connectivity index is 3.33. The third-order valence-corrected chi connectivity index (χ3v) is 6.97. The van der Waals surface area contributed by atoms with Gasteiger partial charge in [-0.25, -0.2) is 0 Å². The second-order valence-electron chi connectivity index (χ2n) is 12.0. The first kappa shape index (κ1) is 34.9. The van der Waals surface area contributed by atoms with Crippen molar-refractivity contribution in [1.82, 2.24) is 0 Å².